The summed E-state index contributed by atoms with van der Waals surface area (Å²) in [6, 6.07) is 21.2. The second-order valence-corrected chi connectivity index (χ2v) is 9.03. The van der Waals surface area contributed by atoms with E-state index in [9.17, 15) is 4.79 Å². The van der Waals surface area contributed by atoms with Crippen molar-refractivity contribution >= 4 is 28.2 Å². The fraction of sp³-hybridized carbons (Fsp3) is 0.192. The van der Waals surface area contributed by atoms with Gasteiger partial charge in [-0.3, -0.25) is 4.79 Å². The summed E-state index contributed by atoms with van der Waals surface area (Å²) in [4.78, 5) is 23.3. The molecule has 0 saturated carbocycles. The first-order chi connectivity index (χ1) is 15.4. The van der Waals surface area contributed by atoms with Crippen LogP contribution in [-0.4, -0.2) is 15.9 Å². The van der Waals surface area contributed by atoms with E-state index >= 15 is 0 Å². The van der Waals surface area contributed by atoms with Crippen molar-refractivity contribution in [2.75, 3.05) is 10.6 Å². The highest BCUT2D eigenvalue weighted by atomic mass is 32.1. The summed E-state index contributed by atoms with van der Waals surface area (Å²) < 4.78 is 0. The van der Waals surface area contributed by atoms with Gasteiger partial charge in [0.2, 0.25) is 5.95 Å². The summed E-state index contributed by atoms with van der Waals surface area (Å²) >= 11 is 1.59. The standard InChI is InChI=1S/C26H26N4OS/c1-16-15-17(2)28-26(27-16)29-23(20-11-7-5-8-12-20)22-18(3)19(4)32-25(22)30-24(31)21-13-9-6-10-14-21/h5-15,23H,1-4H3,(H,30,31)(H,27,28,29)/t23-/m1/s1. The Morgan fingerprint density at radius 2 is 1.47 bits per heavy atom. The van der Waals surface area contributed by atoms with Crippen LogP contribution in [0.1, 0.15) is 49.4 Å². The number of thiophene rings is 1. The van der Waals surface area contributed by atoms with E-state index in [0.717, 1.165) is 38.0 Å². The number of aryl methyl sites for hydroxylation is 3. The zero-order valence-electron chi connectivity index (χ0n) is 18.6. The zero-order chi connectivity index (χ0) is 22.7. The molecule has 162 valence electrons. The molecule has 2 aromatic carbocycles. The van der Waals surface area contributed by atoms with Crippen molar-refractivity contribution in [1.82, 2.24) is 9.97 Å². The normalized spacial score (nSPS) is 11.8. The van der Waals surface area contributed by atoms with Crippen LogP contribution in [0.3, 0.4) is 0 Å². The van der Waals surface area contributed by atoms with Gasteiger partial charge in [0, 0.05) is 27.4 Å². The van der Waals surface area contributed by atoms with Gasteiger partial charge < -0.3 is 10.6 Å². The predicted octanol–water partition coefficient (Wildman–Crippen LogP) is 6.23. The Bertz CT molecular complexity index is 1220. The number of amides is 1. The van der Waals surface area contributed by atoms with Crippen molar-refractivity contribution in [3.8, 4) is 0 Å². The molecule has 0 unspecified atom stereocenters. The lowest BCUT2D eigenvalue weighted by Crippen LogP contribution is -2.18. The van der Waals surface area contributed by atoms with Gasteiger partial charge in [-0.25, -0.2) is 9.97 Å². The van der Waals surface area contributed by atoms with E-state index in [-0.39, 0.29) is 11.9 Å². The van der Waals surface area contributed by atoms with Gasteiger partial charge in [0.15, 0.2) is 0 Å². The zero-order valence-corrected chi connectivity index (χ0v) is 19.5. The Balaban J connectivity index is 1.78. The second-order valence-electron chi connectivity index (χ2n) is 7.81. The molecule has 1 amide bonds. The van der Waals surface area contributed by atoms with E-state index in [1.165, 1.54) is 0 Å². The molecule has 0 aliphatic rings. The quantitative estimate of drug-likeness (QED) is 0.372. The Hall–Kier alpha value is -3.51. The molecule has 1 atom stereocenters. The van der Waals surface area contributed by atoms with E-state index < -0.39 is 0 Å². The van der Waals surface area contributed by atoms with Crippen LogP contribution in [0.2, 0.25) is 0 Å². The predicted molar refractivity (Wildman–Crippen MR) is 132 cm³/mol. The summed E-state index contributed by atoms with van der Waals surface area (Å²) in [5.41, 5.74) is 5.69. The van der Waals surface area contributed by atoms with Gasteiger partial charge in [-0.05, 0) is 57.0 Å². The van der Waals surface area contributed by atoms with Gasteiger partial charge in [0.05, 0.1) is 6.04 Å². The monoisotopic (exact) mass is 442 g/mol. The maximum atomic E-state index is 12.9. The van der Waals surface area contributed by atoms with Gasteiger partial charge >= 0.3 is 0 Å². The first-order valence-corrected chi connectivity index (χ1v) is 11.3. The van der Waals surface area contributed by atoms with Gasteiger partial charge in [-0.1, -0.05) is 48.5 Å². The Kier molecular flexibility index (Phi) is 6.32. The molecule has 6 heteroatoms. The van der Waals surface area contributed by atoms with E-state index in [0.29, 0.717) is 11.5 Å². The third-order valence-electron chi connectivity index (χ3n) is 5.37. The SMILES string of the molecule is Cc1cc(C)nc(N[C@H](c2ccccc2)c2c(NC(=O)c3ccccc3)sc(C)c2C)n1. The molecule has 0 radical (unpaired) electrons. The topological polar surface area (TPSA) is 66.9 Å². The molecule has 0 aliphatic heterocycles. The molecule has 2 aromatic heterocycles. The molecule has 32 heavy (non-hydrogen) atoms. The Labute approximate surface area is 192 Å². The number of hydrogen-bond donors (Lipinski definition) is 2. The summed E-state index contributed by atoms with van der Waals surface area (Å²) in [7, 11) is 0. The van der Waals surface area contributed by atoms with E-state index in [1.807, 2.05) is 68.4 Å². The van der Waals surface area contributed by atoms with Crippen LogP contribution < -0.4 is 10.6 Å². The first kappa shape index (κ1) is 21.7. The molecule has 0 fully saturated rings. The molecule has 2 N–H and O–H groups in total. The molecule has 0 spiro atoms. The fourth-order valence-corrected chi connectivity index (χ4v) is 4.83. The molecule has 0 bridgehead atoms. The van der Waals surface area contributed by atoms with Crippen molar-refractivity contribution in [3.05, 3.63) is 105 Å². The molecule has 0 saturated heterocycles. The van der Waals surface area contributed by atoms with Crippen LogP contribution in [0.4, 0.5) is 10.9 Å². The minimum atomic E-state index is -0.214. The highest BCUT2D eigenvalue weighted by Gasteiger charge is 2.25. The van der Waals surface area contributed by atoms with Gasteiger partial charge in [-0.2, -0.15) is 0 Å². The maximum absolute atomic E-state index is 12.9. The number of anilines is 2. The number of hydrogen-bond acceptors (Lipinski definition) is 5. The molecule has 2 heterocycles. The van der Waals surface area contributed by atoms with Crippen LogP contribution >= 0.6 is 11.3 Å². The highest BCUT2D eigenvalue weighted by molar-refractivity contribution is 7.16. The number of carbonyl (C=O) groups excluding carboxylic acids is 1. The molecule has 4 rings (SSSR count). The van der Waals surface area contributed by atoms with E-state index in [2.05, 4.69) is 46.6 Å². The van der Waals surface area contributed by atoms with Crippen molar-refractivity contribution < 1.29 is 4.79 Å². The summed E-state index contributed by atoms with van der Waals surface area (Å²) in [6.07, 6.45) is 0. The van der Waals surface area contributed by atoms with Crippen molar-refractivity contribution in [1.29, 1.82) is 0 Å². The average Bonchev–Trinajstić information content (AvgIpc) is 3.05. The van der Waals surface area contributed by atoms with Crippen LogP contribution in [0.5, 0.6) is 0 Å². The number of rotatable bonds is 6. The van der Waals surface area contributed by atoms with Gasteiger partial charge in [0.25, 0.3) is 5.91 Å². The largest absolute Gasteiger partial charge is 0.343 e. The van der Waals surface area contributed by atoms with Crippen LogP contribution in [-0.2, 0) is 0 Å². The third-order valence-corrected chi connectivity index (χ3v) is 6.51. The molecule has 4 aromatic rings. The number of nitrogens with one attached hydrogen (secondary N) is 2. The summed E-state index contributed by atoms with van der Waals surface area (Å²) in [5.74, 6) is 0.447. The van der Waals surface area contributed by atoms with Gasteiger partial charge in [0.1, 0.15) is 5.00 Å². The van der Waals surface area contributed by atoms with Crippen molar-refractivity contribution in [2.24, 2.45) is 0 Å². The van der Waals surface area contributed by atoms with Crippen LogP contribution in [0.25, 0.3) is 0 Å². The molecular formula is C26H26N4OS. The second kappa shape index (κ2) is 9.32. The number of nitrogens with zero attached hydrogens (tertiary/aromatic N) is 2. The lowest BCUT2D eigenvalue weighted by atomic mass is 9.96. The van der Waals surface area contributed by atoms with Crippen LogP contribution in [0.15, 0.2) is 66.7 Å². The fourth-order valence-electron chi connectivity index (χ4n) is 3.74. The lowest BCUT2D eigenvalue weighted by molar-refractivity contribution is 0.102. The van der Waals surface area contributed by atoms with Gasteiger partial charge in [-0.15, -0.1) is 11.3 Å². The third kappa shape index (κ3) is 4.70. The Morgan fingerprint density at radius 1 is 0.875 bits per heavy atom. The highest BCUT2D eigenvalue weighted by Crippen LogP contribution is 2.40. The summed E-state index contributed by atoms with van der Waals surface area (Å²) in [6.45, 7) is 8.10. The smallest absolute Gasteiger partial charge is 0.256 e. The first-order valence-electron chi connectivity index (χ1n) is 10.5. The average molecular weight is 443 g/mol. The molecular weight excluding hydrogens is 416 g/mol. The number of carbonyl (C=O) groups is 1. The number of aromatic nitrogens is 2. The number of benzene rings is 2. The van der Waals surface area contributed by atoms with E-state index in [1.54, 1.807) is 11.3 Å². The summed E-state index contributed by atoms with van der Waals surface area (Å²) in [5, 5.41) is 7.51. The Morgan fingerprint density at radius 3 is 2.09 bits per heavy atom. The maximum Gasteiger partial charge on any atom is 0.256 e. The molecule has 0 aliphatic carbocycles. The molecule has 5 nitrogen and oxygen atoms in total. The minimum absolute atomic E-state index is 0.123. The van der Waals surface area contributed by atoms with Crippen molar-refractivity contribution in [3.63, 3.8) is 0 Å². The van der Waals surface area contributed by atoms with Crippen molar-refractivity contribution in [2.45, 2.75) is 33.7 Å². The van der Waals surface area contributed by atoms with E-state index in [4.69, 9.17) is 0 Å². The minimum Gasteiger partial charge on any atom is -0.343 e. The van der Waals surface area contributed by atoms with Crippen LogP contribution in [0, 0.1) is 27.7 Å². The lowest BCUT2D eigenvalue weighted by Gasteiger charge is -2.22.